The van der Waals surface area contributed by atoms with Crippen LogP contribution in [0, 0.1) is 11.8 Å². The van der Waals surface area contributed by atoms with Crippen LogP contribution in [-0.4, -0.2) is 50.5 Å². The monoisotopic (exact) mass is 359 g/mol. The van der Waals surface area contributed by atoms with E-state index in [0.717, 1.165) is 64.0 Å². The van der Waals surface area contributed by atoms with Crippen molar-refractivity contribution in [3.8, 4) is 5.75 Å². The molecule has 1 aromatic carbocycles. The van der Waals surface area contributed by atoms with E-state index in [-0.39, 0.29) is 5.60 Å². The Morgan fingerprint density at radius 2 is 1.88 bits per heavy atom. The summed E-state index contributed by atoms with van der Waals surface area (Å²) in [5, 5.41) is 0. The molecule has 1 aliphatic carbocycles. The number of hydrogen-bond acceptors (Lipinski definition) is 4. The van der Waals surface area contributed by atoms with Gasteiger partial charge in [0.2, 0.25) is 0 Å². The van der Waals surface area contributed by atoms with E-state index < -0.39 is 0 Å². The fourth-order valence-corrected chi connectivity index (χ4v) is 4.58. The number of hydrogen-bond donors (Lipinski definition) is 0. The lowest BCUT2D eigenvalue weighted by molar-refractivity contribution is -0.0731. The Labute approximate surface area is 157 Å². The highest BCUT2D eigenvalue weighted by molar-refractivity contribution is 5.27. The molecule has 1 atom stereocenters. The Morgan fingerprint density at radius 1 is 1.12 bits per heavy atom. The molecule has 4 rings (SSSR count). The highest BCUT2D eigenvalue weighted by Crippen LogP contribution is 2.42. The summed E-state index contributed by atoms with van der Waals surface area (Å²) in [6.45, 7) is 6.12. The van der Waals surface area contributed by atoms with Gasteiger partial charge in [-0.05, 0) is 68.1 Å². The van der Waals surface area contributed by atoms with Gasteiger partial charge in [-0.1, -0.05) is 12.1 Å². The molecule has 4 nitrogen and oxygen atoms in total. The predicted octanol–water partition coefficient (Wildman–Crippen LogP) is 3.88. The third-order valence-electron chi connectivity index (χ3n) is 6.53. The number of nitrogens with zero attached hydrogens (tertiary/aromatic N) is 1. The summed E-state index contributed by atoms with van der Waals surface area (Å²) in [6.07, 6.45) is 7.46. The van der Waals surface area contributed by atoms with Crippen molar-refractivity contribution in [1.82, 2.24) is 4.90 Å². The molecule has 0 radical (unpaired) electrons. The van der Waals surface area contributed by atoms with Gasteiger partial charge < -0.3 is 14.2 Å². The lowest BCUT2D eigenvalue weighted by atomic mass is 9.78. The SMILES string of the molecule is COc1ccc(CN2CCC3(CC2)OCC[C@@H]3CCOCC2CC2)cc1. The van der Waals surface area contributed by atoms with Gasteiger partial charge in [0.25, 0.3) is 0 Å². The number of piperidine rings is 1. The second kappa shape index (κ2) is 8.28. The van der Waals surface area contributed by atoms with E-state index in [1.54, 1.807) is 7.11 Å². The summed E-state index contributed by atoms with van der Waals surface area (Å²) in [4.78, 5) is 2.56. The molecule has 0 aromatic heterocycles. The number of rotatable bonds is 8. The van der Waals surface area contributed by atoms with E-state index in [1.165, 1.54) is 31.2 Å². The first-order valence-corrected chi connectivity index (χ1v) is 10.3. The summed E-state index contributed by atoms with van der Waals surface area (Å²) in [5.74, 6) is 2.48. The average molecular weight is 360 g/mol. The Bertz CT molecular complexity index is 561. The molecule has 3 fully saturated rings. The maximum absolute atomic E-state index is 6.31. The molecular formula is C22H33NO3. The second-order valence-electron chi connectivity index (χ2n) is 8.33. The molecule has 0 bridgehead atoms. The maximum atomic E-state index is 6.31. The van der Waals surface area contributed by atoms with Gasteiger partial charge in [0.15, 0.2) is 0 Å². The Kier molecular flexibility index (Phi) is 5.82. The molecular weight excluding hydrogens is 326 g/mol. The van der Waals surface area contributed by atoms with E-state index in [1.807, 2.05) is 0 Å². The molecule has 0 amide bonds. The first kappa shape index (κ1) is 18.3. The minimum atomic E-state index is 0.124. The predicted molar refractivity (Wildman–Crippen MR) is 102 cm³/mol. The van der Waals surface area contributed by atoms with Crippen LogP contribution in [0.25, 0.3) is 0 Å². The van der Waals surface area contributed by atoms with Crippen LogP contribution in [0.1, 0.15) is 44.1 Å². The van der Waals surface area contributed by atoms with Gasteiger partial charge in [0.1, 0.15) is 5.75 Å². The summed E-state index contributed by atoms with van der Waals surface area (Å²) in [5.41, 5.74) is 1.48. The number of ether oxygens (including phenoxy) is 3. The van der Waals surface area contributed by atoms with Gasteiger partial charge in [-0.15, -0.1) is 0 Å². The first-order valence-electron chi connectivity index (χ1n) is 10.3. The van der Waals surface area contributed by atoms with Crippen molar-refractivity contribution in [2.45, 2.75) is 50.7 Å². The van der Waals surface area contributed by atoms with Crippen molar-refractivity contribution in [3.05, 3.63) is 29.8 Å². The van der Waals surface area contributed by atoms with E-state index >= 15 is 0 Å². The van der Waals surface area contributed by atoms with Gasteiger partial charge in [0, 0.05) is 39.5 Å². The van der Waals surface area contributed by atoms with Crippen LogP contribution in [0.5, 0.6) is 5.75 Å². The summed E-state index contributed by atoms with van der Waals surface area (Å²) < 4.78 is 17.5. The van der Waals surface area contributed by atoms with E-state index in [4.69, 9.17) is 14.2 Å². The molecule has 0 N–H and O–H groups in total. The van der Waals surface area contributed by atoms with Gasteiger partial charge in [0.05, 0.1) is 12.7 Å². The van der Waals surface area contributed by atoms with Crippen LogP contribution >= 0.6 is 0 Å². The molecule has 1 saturated carbocycles. The molecule has 2 aliphatic heterocycles. The smallest absolute Gasteiger partial charge is 0.118 e. The summed E-state index contributed by atoms with van der Waals surface area (Å²) >= 11 is 0. The largest absolute Gasteiger partial charge is 0.497 e. The second-order valence-corrected chi connectivity index (χ2v) is 8.33. The molecule has 2 heterocycles. The molecule has 0 unspecified atom stereocenters. The van der Waals surface area contributed by atoms with E-state index in [0.29, 0.717) is 5.92 Å². The first-order chi connectivity index (χ1) is 12.8. The quantitative estimate of drug-likeness (QED) is 0.659. The number of benzene rings is 1. The number of likely N-dealkylation sites (tertiary alicyclic amines) is 1. The van der Waals surface area contributed by atoms with Gasteiger partial charge in [-0.25, -0.2) is 0 Å². The zero-order valence-electron chi connectivity index (χ0n) is 16.1. The van der Waals surface area contributed by atoms with Crippen molar-refractivity contribution < 1.29 is 14.2 Å². The highest BCUT2D eigenvalue weighted by atomic mass is 16.5. The van der Waals surface area contributed by atoms with Crippen LogP contribution in [0.15, 0.2) is 24.3 Å². The van der Waals surface area contributed by atoms with E-state index in [9.17, 15) is 0 Å². The fraction of sp³-hybridized carbons (Fsp3) is 0.727. The lowest BCUT2D eigenvalue weighted by Crippen LogP contribution is -2.47. The van der Waals surface area contributed by atoms with Crippen LogP contribution in [-0.2, 0) is 16.0 Å². The molecule has 3 aliphatic rings. The molecule has 1 spiro atoms. The zero-order valence-corrected chi connectivity index (χ0v) is 16.1. The Morgan fingerprint density at radius 3 is 2.58 bits per heavy atom. The molecule has 144 valence electrons. The fourth-order valence-electron chi connectivity index (χ4n) is 4.58. The van der Waals surface area contributed by atoms with Crippen LogP contribution in [0.4, 0.5) is 0 Å². The van der Waals surface area contributed by atoms with Crippen molar-refractivity contribution in [2.24, 2.45) is 11.8 Å². The van der Waals surface area contributed by atoms with Crippen molar-refractivity contribution in [3.63, 3.8) is 0 Å². The zero-order chi connectivity index (χ0) is 17.8. The Hall–Kier alpha value is -1.10. The van der Waals surface area contributed by atoms with E-state index in [2.05, 4.69) is 29.2 Å². The molecule has 4 heteroatoms. The van der Waals surface area contributed by atoms with Gasteiger partial charge in [-0.2, -0.15) is 0 Å². The molecule has 26 heavy (non-hydrogen) atoms. The minimum absolute atomic E-state index is 0.124. The average Bonchev–Trinajstić information content (AvgIpc) is 3.43. The maximum Gasteiger partial charge on any atom is 0.118 e. The molecule has 2 saturated heterocycles. The van der Waals surface area contributed by atoms with Crippen LogP contribution < -0.4 is 4.74 Å². The van der Waals surface area contributed by atoms with Crippen LogP contribution in [0.3, 0.4) is 0 Å². The van der Waals surface area contributed by atoms with Gasteiger partial charge in [-0.3, -0.25) is 4.90 Å². The van der Waals surface area contributed by atoms with Crippen molar-refractivity contribution in [1.29, 1.82) is 0 Å². The number of methoxy groups -OCH3 is 1. The topological polar surface area (TPSA) is 30.9 Å². The van der Waals surface area contributed by atoms with Crippen LogP contribution in [0.2, 0.25) is 0 Å². The van der Waals surface area contributed by atoms with Crippen molar-refractivity contribution in [2.75, 3.05) is 40.0 Å². The summed E-state index contributed by atoms with van der Waals surface area (Å²) in [6, 6.07) is 8.46. The Balaban J connectivity index is 1.24. The lowest BCUT2D eigenvalue weighted by Gasteiger charge is -2.42. The third kappa shape index (κ3) is 4.41. The minimum Gasteiger partial charge on any atom is -0.497 e. The molecule has 1 aromatic rings. The highest BCUT2D eigenvalue weighted by Gasteiger charge is 2.45. The standard InChI is InChI=1S/C22H33NO3/c1-24-21-6-4-18(5-7-21)16-23-12-10-22(11-13-23)20(9-15-26-22)8-14-25-17-19-2-3-19/h4-7,19-20H,2-3,8-17H2,1H3/t20-/m0/s1. The normalized spacial score (nSPS) is 25.7. The van der Waals surface area contributed by atoms with Crippen molar-refractivity contribution >= 4 is 0 Å². The summed E-state index contributed by atoms with van der Waals surface area (Å²) in [7, 11) is 1.72. The van der Waals surface area contributed by atoms with Gasteiger partial charge >= 0.3 is 0 Å². The third-order valence-corrected chi connectivity index (χ3v) is 6.53.